The molecule has 1 aliphatic heterocycles. The summed E-state index contributed by atoms with van der Waals surface area (Å²) in [6.07, 6.45) is 6.93. The number of carbonyl (C=O) groups is 1. The van der Waals surface area contributed by atoms with Crippen LogP contribution in [0.25, 0.3) is 0 Å². The minimum Gasteiger partial charge on any atom is -0.368 e. The van der Waals surface area contributed by atoms with Crippen molar-refractivity contribution >= 4 is 17.6 Å². The predicted octanol–water partition coefficient (Wildman–Crippen LogP) is 1.61. The van der Waals surface area contributed by atoms with Crippen LogP contribution in [0.5, 0.6) is 0 Å². The first-order valence-electron chi connectivity index (χ1n) is 9.46. The van der Waals surface area contributed by atoms with Gasteiger partial charge in [0.1, 0.15) is 0 Å². The second-order valence-electron chi connectivity index (χ2n) is 6.74. The van der Waals surface area contributed by atoms with E-state index in [9.17, 15) is 4.79 Å². The summed E-state index contributed by atoms with van der Waals surface area (Å²) in [5, 5.41) is 6.64. The predicted molar refractivity (Wildman–Crippen MR) is 107 cm³/mol. The molecule has 26 heavy (non-hydrogen) atoms. The van der Waals surface area contributed by atoms with Crippen molar-refractivity contribution < 1.29 is 4.79 Å². The topological polar surface area (TPSA) is 60.0 Å². The van der Waals surface area contributed by atoms with Crippen LogP contribution in [0.4, 0.5) is 5.69 Å². The lowest BCUT2D eigenvalue weighted by Crippen LogP contribution is -2.49. The number of para-hydroxylation sites is 1. The van der Waals surface area contributed by atoms with Crippen LogP contribution < -0.4 is 15.5 Å². The number of rotatable bonds is 5. The number of carbonyl (C=O) groups excluding carboxylic acids is 1. The van der Waals surface area contributed by atoms with Gasteiger partial charge in [0.2, 0.25) is 5.91 Å². The van der Waals surface area contributed by atoms with Crippen LogP contribution in [-0.2, 0) is 4.79 Å². The second kappa shape index (κ2) is 9.27. The SMILES string of the molecule is CN=C(NCCC(=O)N1CCN(c2ccccc2)CC1)NC1CC=CC1. The van der Waals surface area contributed by atoms with Gasteiger partial charge >= 0.3 is 0 Å². The van der Waals surface area contributed by atoms with E-state index in [1.54, 1.807) is 7.05 Å². The van der Waals surface area contributed by atoms with Gasteiger partial charge in [0, 0.05) is 57.9 Å². The molecule has 1 aromatic rings. The summed E-state index contributed by atoms with van der Waals surface area (Å²) in [5.74, 6) is 0.989. The molecule has 2 aliphatic rings. The van der Waals surface area contributed by atoms with Crippen molar-refractivity contribution in [3.63, 3.8) is 0 Å². The minimum absolute atomic E-state index is 0.211. The number of benzene rings is 1. The van der Waals surface area contributed by atoms with Crippen molar-refractivity contribution in [1.29, 1.82) is 0 Å². The standard InChI is InChI=1S/C20H29N5O/c1-21-20(23-17-7-5-6-8-17)22-12-11-19(26)25-15-13-24(14-16-25)18-9-3-2-4-10-18/h2-6,9-10,17H,7-8,11-16H2,1H3,(H2,21,22,23). The van der Waals surface area contributed by atoms with Crippen molar-refractivity contribution in [3.8, 4) is 0 Å². The number of piperazine rings is 1. The van der Waals surface area contributed by atoms with Crippen LogP contribution in [0, 0.1) is 0 Å². The molecule has 0 atom stereocenters. The fourth-order valence-corrected chi connectivity index (χ4v) is 3.42. The van der Waals surface area contributed by atoms with Crippen molar-refractivity contribution in [1.82, 2.24) is 15.5 Å². The Balaban J connectivity index is 1.36. The Kier molecular flexibility index (Phi) is 6.52. The molecule has 2 N–H and O–H groups in total. The molecular weight excluding hydrogens is 326 g/mol. The lowest BCUT2D eigenvalue weighted by atomic mass is 10.2. The molecule has 6 heteroatoms. The van der Waals surface area contributed by atoms with Gasteiger partial charge in [-0.2, -0.15) is 0 Å². The smallest absolute Gasteiger partial charge is 0.224 e. The molecule has 1 fully saturated rings. The maximum absolute atomic E-state index is 12.5. The number of guanidine groups is 1. The molecule has 0 bridgehead atoms. The third-order valence-corrected chi connectivity index (χ3v) is 4.96. The molecule has 1 heterocycles. The van der Waals surface area contributed by atoms with Crippen molar-refractivity contribution in [2.75, 3.05) is 44.7 Å². The molecule has 0 unspecified atom stereocenters. The number of hydrogen-bond donors (Lipinski definition) is 2. The first-order valence-corrected chi connectivity index (χ1v) is 9.46. The monoisotopic (exact) mass is 355 g/mol. The normalized spacial score (nSPS) is 18.3. The molecule has 140 valence electrons. The maximum Gasteiger partial charge on any atom is 0.224 e. The Morgan fingerprint density at radius 1 is 1.12 bits per heavy atom. The molecule has 1 amide bonds. The van der Waals surface area contributed by atoms with Gasteiger partial charge < -0.3 is 20.4 Å². The molecule has 0 radical (unpaired) electrons. The fourth-order valence-electron chi connectivity index (χ4n) is 3.42. The first-order chi connectivity index (χ1) is 12.8. The molecule has 0 spiro atoms. The van der Waals surface area contributed by atoms with Gasteiger partial charge in [0.15, 0.2) is 5.96 Å². The Bertz CT molecular complexity index is 627. The van der Waals surface area contributed by atoms with Crippen LogP contribution in [0.1, 0.15) is 19.3 Å². The number of amides is 1. The molecule has 1 saturated heterocycles. The third kappa shape index (κ3) is 5.00. The Labute approximate surface area is 156 Å². The van der Waals surface area contributed by atoms with Crippen molar-refractivity contribution in [2.24, 2.45) is 4.99 Å². The van der Waals surface area contributed by atoms with Gasteiger partial charge in [-0.3, -0.25) is 9.79 Å². The lowest BCUT2D eigenvalue weighted by molar-refractivity contribution is -0.131. The first kappa shape index (κ1) is 18.3. The number of nitrogens with zero attached hydrogens (tertiary/aromatic N) is 3. The Hall–Kier alpha value is -2.50. The summed E-state index contributed by atoms with van der Waals surface area (Å²) in [5.41, 5.74) is 1.23. The maximum atomic E-state index is 12.5. The summed E-state index contributed by atoms with van der Waals surface area (Å²) < 4.78 is 0. The van der Waals surface area contributed by atoms with Crippen molar-refractivity contribution in [3.05, 3.63) is 42.5 Å². The summed E-state index contributed by atoms with van der Waals surface area (Å²) >= 11 is 0. The van der Waals surface area contributed by atoms with Crippen LogP contribution in [0.15, 0.2) is 47.5 Å². The fraction of sp³-hybridized carbons (Fsp3) is 0.500. The van der Waals surface area contributed by atoms with Gasteiger partial charge in [-0.25, -0.2) is 0 Å². The van der Waals surface area contributed by atoms with Crippen LogP contribution >= 0.6 is 0 Å². The number of hydrogen-bond acceptors (Lipinski definition) is 3. The number of aliphatic imine (C=N–C) groups is 1. The third-order valence-electron chi connectivity index (χ3n) is 4.96. The zero-order valence-corrected chi connectivity index (χ0v) is 15.5. The van der Waals surface area contributed by atoms with E-state index in [-0.39, 0.29) is 5.91 Å². The zero-order valence-electron chi connectivity index (χ0n) is 15.5. The van der Waals surface area contributed by atoms with Crippen LogP contribution in [0.2, 0.25) is 0 Å². The van der Waals surface area contributed by atoms with Crippen molar-refractivity contribution in [2.45, 2.75) is 25.3 Å². The highest BCUT2D eigenvalue weighted by Gasteiger charge is 2.21. The zero-order chi connectivity index (χ0) is 18.2. The molecule has 6 nitrogen and oxygen atoms in total. The Morgan fingerprint density at radius 2 is 1.81 bits per heavy atom. The molecule has 1 aliphatic carbocycles. The minimum atomic E-state index is 0.211. The highest BCUT2D eigenvalue weighted by molar-refractivity contribution is 5.81. The van der Waals surface area contributed by atoms with E-state index in [4.69, 9.17) is 0 Å². The van der Waals surface area contributed by atoms with E-state index in [0.717, 1.165) is 45.0 Å². The lowest BCUT2D eigenvalue weighted by Gasteiger charge is -2.36. The summed E-state index contributed by atoms with van der Waals surface area (Å²) in [4.78, 5) is 21.0. The van der Waals surface area contributed by atoms with Gasteiger partial charge in [-0.05, 0) is 25.0 Å². The highest BCUT2D eigenvalue weighted by atomic mass is 16.2. The van der Waals surface area contributed by atoms with Gasteiger partial charge in [-0.15, -0.1) is 0 Å². The van der Waals surface area contributed by atoms with E-state index < -0.39 is 0 Å². The largest absolute Gasteiger partial charge is 0.368 e. The van der Waals surface area contributed by atoms with Gasteiger partial charge in [-0.1, -0.05) is 30.4 Å². The average Bonchev–Trinajstić information content (AvgIpc) is 3.21. The number of anilines is 1. The van der Waals surface area contributed by atoms with E-state index in [1.165, 1.54) is 5.69 Å². The highest BCUT2D eigenvalue weighted by Crippen LogP contribution is 2.15. The molecule has 0 aromatic heterocycles. The van der Waals surface area contributed by atoms with E-state index in [2.05, 4.69) is 56.9 Å². The van der Waals surface area contributed by atoms with Gasteiger partial charge in [0.25, 0.3) is 0 Å². The summed E-state index contributed by atoms with van der Waals surface area (Å²) in [6.45, 7) is 3.96. The Morgan fingerprint density at radius 3 is 2.46 bits per heavy atom. The van der Waals surface area contributed by atoms with E-state index >= 15 is 0 Å². The van der Waals surface area contributed by atoms with Gasteiger partial charge in [0.05, 0.1) is 0 Å². The molecule has 1 aromatic carbocycles. The molecule has 3 rings (SSSR count). The molecular formula is C20H29N5O. The number of nitrogens with one attached hydrogen (secondary N) is 2. The summed E-state index contributed by atoms with van der Waals surface area (Å²) in [7, 11) is 1.77. The quantitative estimate of drug-likeness (QED) is 0.479. The van der Waals surface area contributed by atoms with Crippen LogP contribution in [-0.4, -0.2) is 62.6 Å². The van der Waals surface area contributed by atoms with E-state index in [1.807, 2.05) is 11.0 Å². The van der Waals surface area contributed by atoms with E-state index in [0.29, 0.717) is 19.0 Å². The summed E-state index contributed by atoms with van der Waals surface area (Å²) in [6, 6.07) is 10.8. The van der Waals surface area contributed by atoms with Crippen LogP contribution in [0.3, 0.4) is 0 Å². The average molecular weight is 355 g/mol. The molecule has 0 saturated carbocycles. The second-order valence-corrected chi connectivity index (χ2v) is 6.74.